The third-order valence-electron chi connectivity index (χ3n) is 4.80. The van der Waals surface area contributed by atoms with Crippen LogP contribution in [0.25, 0.3) is 0 Å². The second-order valence-electron chi connectivity index (χ2n) is 8.29. The number of aromatic nitrogens is 2. The second kappa shape index (κ2) is 10.9. The Balaban J connectivity index is 1.61. The maximum absolute atomic E-state index is 6.21. The minimum Gasteiger partial charge on any atom is -0.491 e. The van der Waals surface area contributed by atoms with Crippen molar-refractivity contribution >= 4 is 40.6 Å². The van der Waals surface area contributed by atoms with Crippen LogP contribution in [0, 0.1) is 0 Å². The fraction of sp³-hybridized carbons (Fsp3) is 0.545. The van der Waals surface area contributed by atoms with Gasteiger partial charge in [0, 0.05) is 31.7 Å². The van der Waals surface area contributed by atoms with Crippen LogP contribution in [0.1, 0.15) is 46.1 Å². The van der Waals surface area contributed by atoms with E-state index in [2.05, 4.69) is 32.3 Å². The standard InChI is InChI=1S/C22H29Cl3N4O2/c1-13(2)30-17-9-15(10-18(11-17)31-14(3)4)12-29-7-5-16(6-8-29)26-21-19(23)20(24)27-22(25)28-21/h9-11,13-14,16H,5-8,12H2,1-4H3,(H,26,27,28). The normalized spacial score (nSPS) is 15.5. The summed E-state index contributed by atoms with van der Waals surface area (Å²) >= 11 is 18.1. The monoisotopic (exact) mass is 486 g/mol. The largest absolute Gasteiger partial charge is 0.491 e. The van der Waals surface area contributed by atoms with Crippen LogP contribution < -0.4 is 14.8 Å². The minimum atomic E-state index is 0.0808. The van der Waals surface area contributed by atoms with Crippen LogP contribution >= 0.6 is 34.8 Å². The van der Waals surface area contributed by atoms with Gasteiger partial charge in [-0.1, -0.05) is 23.2 Å². The zero-order valence-corrected chi connectivity index (χ0v) is 20.6. The first-order chi connectivity index (χ1) is 14.7. The Hall–Kier alpha value is -1.47. The van der Waals surface area contributed by atoms with E-state index >= 15 is 0 Å². The van der Waals surface area contributed by atoms with Gasteiger partial charge in [-0.25, -0.2) is 4.98 Å². The van der Waals surface area contributed by atoms with Crippen LogP contribution in [-0.4, -0.2) is 46.2 Å². The molecule has 2 heterocycles. The van der Waals surface area contributed by atoms with Gasteiger partial charge >= 0.3 is 0 Å². The lowest BCUT2D eigenvalue weighted by atomic mass is 10.0. The Morgan fingerprint density at radius 2 is 1.55 bits per heavy atom. The molecular formula is C22H29Cl3N4O2. The molecule has 9 heteroatoms. The van der Waals surface area contributed by atoms with Crippen LogP contribution in [-0.2, 0) is 6.54 Å². The molecule has 1 aliphatic heterocycles. The molecule has 0 aliphatic carbocycles. The Morgan fingerprint density at radius 3 is 2.10 bits per heavy atom. The first kappa shape index (κ1) is 24.2. The Bertz CT molecular complexity index is 859. The number of piperidine rings is 1. The molecule has 170 valence electrons. The van der Waals surface area contributed by atoms with E-state index in [1.807, 2.05) is 33.8 Å². The van der Waals surface area contributed by atoms with Gasteiger partial charge in [0.25, 0.3) is 0 Å². The average molecular weight is 488 g/mol. The van der Waals surface area contributed by atoms with Crippen molar-refractivity contribution in [2.75, 3.05) is 18.4 Å². The van der Waals surface area contributed by atoms with E-state index in [0.717, 1.165) is 44.0 Å². The molecule has 3 rings (SSSR count). The maximum Gasteiger partial charge on any atom is 0.225 e. The van der Waals surface area contributed by atoms with Crippen molar-refractivity contribution in [3.63, 3.8) is 0 Å². The third-order valence-corrected chi connectivity index (χ3v) is 5.70. The molecule has 0 amide bonds. The molecule has 6 nitrogen and oxygen atoms in total. The highest BCUT2D eigenvalue weighted by Crippen LogP contribution is 2.30. The van der Waals surface area contributed by atoms with E-state index in [4.69, 9.17) is 44.3 Å². The van der Waals surface area contributed by atoms with Crippen LogP contribution in [0.15, 0.2) is 18.2 Å². The van der Waals surface area contributed by atoms with Crippen molar-refractivity contribution < 1.29 is 9.47 Å². The summed E-state index contributed by atoms with van der Waals surface area (Å²) in [6, 6.07) is 6.40. The highest BCUT2D eigenvalue weighted by atomic mass is 35.5. The van der Waals surface area contributed by atoms with Gasteiger partial charge in [-0.05, 0) is 69.8 Å². The second-order valence-corrected chi connectivity index (χ2v) is 9.36. The van der Waals surface area contributed by atoms with Gasteiger partial charge in [-0.2, -0.15) is 4.98 Å². The fourth-order valence-electron chi connectivity index (χ4n) is 3.58. The molecule has 1 aromatic carbocycles. The summed E-state index contributed by atoms with van der Waals surface area (Å²) in [7, 11) is 0. The molecule has 1 fully saturated rings. The predicted octanol–water partition coefficient (Wildman–Crippen LogP) is 6.09. The molecule has 0 atom stereocenters. The van der Waals surface area contributed by atoms with E-state index in [0.29, 0.717) is 10.8 Å². The number of ether oxygens (including phenoxy) is 2. The van der Waals surface area contributed by atoms with Gasteiger partial charge in [0.05, 0.1) is 12.2 Å². The number of benzene rings is 1. The molecule has 0 unspecified atom stereocenters. The first-order valence-corrected chi connectivity index (χ1v) is 11.7. The molecule has 1 N–H and O–H groups in total. The van der Waals surface area contributed by atoms with Gasteiger partial charge in [0.2, 0.25) is 5.28 Å². The molecule has 0 radical (unpaired) electrons. The molecule has 0 spiro atoms. The van der Waals surface area contributed by atoms with Gasteiger partial charge in [-0.15, -0.1) is 0 Å². The first-order valence-electron chi connectivity index (χ1n) is 10.5. The van der Waals surface area contributed by atoms with E-state index < -0.39 is 0 Å². The molecular weight excluding hydrogens is 459 g/mol. The van der Waals surface area contributed by atoms with Gasteiger partial charge in [-0.3, -0.25) is 4.90 Å². The Kier molecular flexibility index (Phi) is 8.50. The van der Waals surface area contributed by atoms with Crippen LogP contribution in [0.4, 0.5) is 5.82 Å². The zero-order valence-electron chi connectivity index (χ0n) is 18.3. The molecule has 1 aliphatic rings. The SMILES string of the molecule is CC(C)Oc1cc(CN2CCC(Nc3nc(Cl)nc(Cl)c3Cl)CC2)cc(OC(C)C)c1. The predicted molar refractivity (Wildman–Crippen MR) is 127 cm³/mol. The van der Waals surface area contributed by atoms with E-state index in [1.165, 1.54) is 5.56 Å². The summed E-state index contributed by atoms with van der Waals surface area (Å²) in [4.78, 5) is 10.4. The quantitative estimate of drug-likeness (QED) is 0.359. The van der Waals surface area contributed by atoms with Crippen molar-refractivity contribution in [2.24, 2.45) is 0 Å². The summed E-state index contributed by atoms with van der Waals surface area (Å²) in [5.74, 6) is 2.16. The molecule has 0 bridgehead atoms. The minimum absolute atomic E-state index is 0.0808. The third kappa shape index (κ3) is 7.28. The highest BCUT2D eigenvalue weighted by Gasteiger charge is 2.22. The highest BCUT2D eigenvalue weighted by molar-refractivity contribution is 6.43. The lowest BCUT2D eigenvalue weighted by molar-refractivity contribution is 0.207. The maximum atomic E-state index is 6.21. The molecule has 0 saturated carbocycles. The topological polar surface area (TPSA) is 59.5 Å². The average Bonchev–Trinajstić information content (AvgIpc) is 2.66. The van der Waals surface area contributed by atoms with Gasteiger partial charge < -0.3 is 14.8 Å². The van der Waals surface area contributed by atoms with Crippen LogP contribution in [0.2, 0.25) is 15.5 Å². The number of halogens is 3. The molecule has 1 aromatic heterocycles. The number of hydrogen-bond acceptors (Lipinski definition) is 6. The number of nitrogens with zero attached hydrogens (tertiary/aromatic N) is 3. The fourth-order valence-corrected chi connectivity index (χ4v) is 4.10. The number of rotatable bonds is 8. The Morgan fingerprint density at radius 1 is 0.968 bits per heavy atom. The molecule has 31 heavy (non-hydrogen) atoms. The number of nitrogens with one attached hydrogen (secondary N) is 1. The van der Waals surface area contributed by atoms with E-state index in [-0.39, 0.29) is 28.7 Å². The lowest BCUT2D eigenvalue weighted by Crippen LogP contribution is -2.38. The zero-order chi connectivity index (χ0) is 22.5. The van der Waals surface area contributed by atoms with Gasteiger partial charge in [0.1, 0.15) is 16.5 Å². The Labute approximate surface area is 199 Å². The number of anilines is 1. The summed E-state index contributed by atoms with van der Waals surface area (Å²) < 4.78 is 11.9. The van der Waals surface area contributed by atoms with Crippen molar-refractivity contribution in [1.29, 1.82) is 0 Å². The summed E-state index contributed by atoms with van der Waals surface area (Å²) in [6.07, 6.45) is 2.12. The molecule has 1 saturated heterocycles. The number of hydrogen-bond donors (Lipinski definition) is 1. The smallest absolute Gasteiger partial charge is 0.225 e. The summed E-state index contributed by atoms with van der Waals surface area (Å²) in [6.45, 7) is 10.8. The van der Waals surface area contributed by atoms with Crippen molar-refractivity contribution in [2.45, 2.75) is 65.3 Å². The summed E-state index contributed by atoms with van der Waals surface area (Å²) in [5, 5.41) is 3.89. The van der Waals surface area contributed by atoms with Gasteiger partial charge in [0.15, 0.2) is 11.0 Å². The van der Waals surface area contributed by atoms with Crippen molar-refractivity contribution in [3.8, 4) is 11.5 Å². The van der Waals surface area contributed by atoms with Crippen molar-refractivity contribution in [3.05, 3.63) is 39.2 Å². The van der Waals surface area contributed by atoms with Crippen LogP contribution in [0.3, 0.4) is 0 Å². The van der Waals surface area contributed by atoms with E-state index in [1.54, 1.807) is 0 Å². The van der Waals surface area contributed by atoms with Crippen LogP contribution in [0.5, 0.6) is 11.5 Å². The number of likely N-dealkylation sites (tertiary alicyclic amines) is 1. The lowest BCUT2D eigenvalue weighted by Gasteiger charge is -2.33. The van der Waals surface area contributed by atoms with Crippen molar-refractivity contribution in [1.82, 2.24) is 14.9 Å². The van der Waals surface area contributed by atoms with E-state index in [9.17, 15) is 0 Å². The molecule has 2 aromatic rings. The summed E-state index contributed by atoms with van der Waals surface area (Å²) in [5.41, 5.74) is 1.18.